The van der Waals surface area contributed by atoms with E-state index in [1.807, 2.05) is 32.0 Å². The monoisotopic (exact) mass is 377 g/mol. The molecular formula is C18H23N3O4S. The van der Waals surface area contributed by atoms with Crippen LogP contribution in [0.25, 0.3) is 11.0 Å². The molecule has 0 saturated heterocycles. The van der Waals surface area contributed by atoms with Crippen LogP contribution in [-0.2, 0) is 22.7 Å². The third-order valence-electron chi connectivity index (χ3n) is 4.24. The van der Waals surface area contributed by atoms with E-state index >= 15 is 0 Å². The van der Waals surface area contributed by atoms with Crippen LogP contribution in [0.4, 0.5) is 0 Å². The number of hydrogen-bond acceptors (Lipinski definition) is 5. The minimum absolute atomic E-state index is 0.0656. The molecule has 1 atom stereocenters. The van der Waals surface area contributed by atoms with E-state index in [0.29, 0.717) is 17.2 Å². The number of imidazole rings is 1. The van der Waals surface area contributed by atoms with Crippen molar-refractivity contribution in [3.63, 3.8) is 0 Å². The second kappa shape index (κ2) is 6.53. The lowest BCUT2D eigenvalue weighted by Gasteiger charge is -2.20. The van der Waals surface area contributed by atoms with Crippen molar-refractivity contribution < 1.29 is 17.9 Å². The summed E-state index contributed by atoms with van der Waals surface area (Å²) in [5, 5.41) is 11.5. The van der Waals surface area contributed by atoms with E-state index in [9.17, 15) is 13.5 Å². The molecule has 0 aliphatic carbocycles. The van der Waals surface area contributed by atoms with Crippen LogP contribution in [0.2, 0.25) is 0 Å². The Morgan fingerprint density at radius 3 is 2.65 bits per heavy atom. The molecule has 0 saturated carbocycles. The molecule has 7 nitrogen and oxygen atoms in total. The van der Waals surface area contributed by atoms with E-state index in [1.54, 1.807) is 23.7 Å². The highest BCUT2D eigenvalue weighted by Gasteiger charge is 2.31. The Balaban J connectivity index is 1.80. The fourth-order valence-electron chi connectivity index (χ4n) is 2.76. The molecule has 0 aliphatic heterocycles. The number of para-hydroxylation sites is 1. The smallest absolute Gasteiger partial charge is 0.259 e. The van der Waals surface area contributed by atoms with Gasteiger partial charge in [0.2, 0.25) is 0 Å². The molecule has 8 heteroatoms. The fourth-order valence-corrected chi connectivity index (χ4v) is 3.89. The minimum atomic E-state index is -3.85. The molecule has 0 aliphatic rings. The van der Waals surface area contributed by atoms with Crippen molar-refractivity contribution in [1.29, 1.82) is 0 Å². The van der Waals surface area contributed by atoms with Gasteiger partial charge in [-0.05, 0) is 19.1 Å². The number of aliphatic hydroxyl groups is 1. The van der Waals surface area contributed by atoms with Crippen LogP contribution < -0.4 is 4.72 Å². The molecule has 0 spiro atoms. The van der Waals surface area contributed by atoms with E-state index < -0.39 is 15.6 Å². The lowest BCUT2D eigenvalue weighted by atomic mass is 10.0. The summed E-state index contributed by atoms with van der Waals surface area (Å²) in [7, 11) is -2.09. The maximum Gasteiger partial charge on any atom is 0.259 e. The largest absolute Gasteiger partial charge is 0.458 e. The van der Waals surface area contributed by atoms with Gasteiger partial charge in [0.1, 0.15) is 22.8 Å². The third kappa shape index (κ3) is 3.53. The topological polar surface area (TPSA) is 97.4 Å². The number of furan rings is 1. The number of hydrogen-bond donors (Lipinski definition) is 2. The van der Waals surface area contributed by atoms with Crippen molar-refractivity contribution in [3.05, 3.63) is 48.1 Å². The molecular weight excluding hydrogens is 354 g/mol. The van der Waals surface area contributed by atoms with Crippen LogP contribution in [-0.4, -0.2) is 29.6 Å². The molecule has 3 aromatic rings. The van der Waals surface area contributed by atoms with Crippen LogP contribution in [0, 0.1) is 0 Å². The second-order valence-electron chi connectivity index (χ2n) is 6.95. The van der Waals surface area contributed by atoms with Crippen molar-refractivity contribution in [3.8, 4) is 0 Å². The molecule has 0 amide bonds. The van der Waals surface area contributed by atoms with E-state index in [-0.39, 0.29) is 17.5 Å². The zero-order valence-corrected chi connectivity index (χ0v) is 16.0. The van der Waals surface area contributed by atoms with Gasteiger partial charge in [-0.3, -0.25) is 0 Å². The lowest BCUT2D eigenvalue weighted by molar-refractivity contribution is 0.0411. The zero-order valence-electron chi connectivity index (χ0n) is 15.2. The zero-order chi connectivity index (χ0) is 19.1. The van der Waals surface area contributed by atoms with Gasteiger partial charge >= 0.3 is 0 Å². The summed E-state index contributed by atoms with van der Waals surface area (Å²) >= 11 is 0. The van der Waals surface area contributed by atoms with E-state index in [4.69, 9.17) is 4.42 Å². The molecule has 1 aromatic carbocycles. The van der Waals surface area contributed by atoms with E-state index in [0.717, 1.165) is 5.39 Å². The maximum absolute atomic E-state index is 12.5. The van der Waals surface area contributed by atoms with E-state index in [1.165, 1.54) is 13.1 Å². The summed E-state index contributed by atoms with van der Waals surface area (Å²) in [6, 6.07) is 9.07. The number of rotatable bonds is 6. The first-order chi connectivity index (χ1) is 12.1. The lowest BCUT2D eigenvalue weighted by Crippen LogP contribution is -2.38. The molecule has 0 fully saturated rings. The number of nitrogens with one attached hydrogen (secondary N) is 1. The van der Waals surface area contributed by atoms with Gasteiger partial charge < -0.3 is 14.1 Å². The molecule has 2 aromatic heterocycles. The van der Waals surface area contributed by atoms with Crippen molar-refractivity contribution in [1.82, 2.24) is 14.3 Å². The molecule has 2 heterocycles. The van der Waals surface area contributed by atoms with Crippen LogP contribution >= 0.6 is 0 Å². The minimum Gasteiger partial charge on any atom is -0.458 e. The van der Waals surface area contributed by atoms with Crippen LogP contribution in [0.3, 0.4) is 0 Å². The normalized spacial score (nSPS) is 14.8. The fraction of sp³-hybridized carbons (Fsp3) is 0.389. The number of benzene rings is 1. The van der Waals surface area contributed by atoms with Gasteiger partial charge in [-0.2, -0.15) is 0 Å². The van der Waals surface area contributed by atoms with Gasteiger partial charge in [-0.15, -0.1) is 0 Å². The van der Waals surface area contributed by atoms with Gasteiger partial charge in [0.25, 0.3) is 10.0 Å². The molecule has 3 rings (SSSR count). The average Bonchev–Trinajstić information content (AvgIpc) is 3.17. The summed E-state index contributed by atoms with van der Waals surface area (Å²) in [6.45, 7) is 5.16. The predicted octanol–water partition coefficient (Wildman–Crippen LogP) is 2.48. The second-order valence-corrected chi connectivity index (χ2v) is 8.66. The first-order valence-electron chi connectivity index (χ1n) is 8.34. The van der Waals surface area contributed by atoms with Crippen molar-refractivity contribution in [2.75, 3.05) is 6.54 Å². The Labute approximate surface area is 152 Å². The summed E-state index contributed by atoms with van der Waals surface area (Å²) in [6.07, 6.45) is 1.47. The first-order valence-corrected chi connectivity index (χ1v) is 9.83. The Kier molecular flexibility index (Phi) is 4.68. The van der Waals surface area contributed by atoms with Crippen LogP contribution in [0.5, 0.6) is 0 Å². The Morgan fingerprint density at radius 2 is 2.04 bits per heavy atom. The van der Waals surface area contributed by atoms with Gasteiger partial charge in [-0.25, -0.2) is 18.1 Å². The Hall–Kier alpha value is -2.16. The molecule has 0 radical (unpaired) electrons. The summed E-state index contributed by atoms with van der Waals surface area (Å²) in [4.78, 5) is 4.20. The molecule has 26 heavy (non-hydrogen) atoms. The quantitative estimate of drug-likeness (QED) is 0.688. The van der Waals surface area contributed by atoms with Crippen LogP contribution in [0.1, 0.15) is 38.3 Å². The maximum atomic E-state index is 12.5. The predicted molar refractivity (Wildman–Crippen MR) is 98.3 cm³/mol. The number of fused-ring (bicyclic) bond motifs is 1. The third-order valence-corrected chi connectivity index (χ3v) is 5.52. The summed E-state index contributed by atoms with van der Waals surface area (Å²) in [5.74, 6) is 1.07. The average molecular weight is 377 g/mol. The molecule has 2 N–H and O–H groups in total. The van der Waals surface area contributed by atoms with Gasteiger partial charge in [-0.1, -0.05) is 32.0 Å². The highest BCUT2D eigenvalue weighted by molar-refractivity contribution is 7.89. The summed E-state index contributed by atoms with van der Waals surface area (Å²) in [5.41, 5.74) is -0.862. The van der Waals surface area contributed by atoms with Crippen molar-refractivity contribution >= 4 is 21.0 Å². The number of nitrogens with zero attached hydrogens (tertiary/aromatic N) is 2. The van der Waals surface area contributed by atoms with Crippen LogP contribution in [0.15, 0.2) is 46.0 Å². The standard InChI is InChI=1S/C18H23N3O4S/c1-12(2)17-20-16(10-21(17)4)26(23,24)19-11-18(3,22)15-9-13-7-5-6-8-14(13)25-15/h5-10,12,19,22H,11H2,1-4H3/t18-/m1/s1. The van der Waals surface area contributed by atoms with E-state index in [2.05, 4.69) is 9.71 Å². The Bertz CT molecular complexity index is 999. The van der Waals surface area contributed by atoms with Crippen molar-refractivity contribution in [2.45, 2.75) is 37.3 Å². The highest BCUT2D eigenvalue weighted by Crippen LogP contribution is 2.28. The van der Waals surface area contributed by atoms with Crippen molar-refractivity contribution in [2.24, 2.45) is 7.05 Å². The first kappa shape index (κ1) is 18.6. The molecule has 0 bridgehead atoms. The number of aryl methyl sites for hydroxylation is 1. The van der Waals surface area contributed by atoms with Gasteiger partial charge in [0.05, 0.1) is 0 Å². The number of sulfonamides is 1. The van der Waals surface area contributed by atoms with Gasteiger partial charge in [0, 0.05) is 31.1 Å². The highest BCUT2D eigenvalue weighted by atomic mass is 32.2. The molecule has 140 valence electrons. The SMILES string of the molecule is CC(C)c1nc(S(=O)(=O)NC[C@@](C)(O)c2cc3ccccc3o2)cn1C. The van der Waals surface area contributed by atoms with Gasteiger partial charge in [0.15, 0.2) is 5.03 Å². The summed E-state index contributed by atoms with van der Waals surface area (Å²) < 4.78 is 34.9. The Morgan fingerprint density at radius 1 is 1.35 bits per heavy atom. The molecule has 0 unspecified atom stereocenters. The number of aromatic nitrogens is 2.